The third-order valence-corrected chi connectivity index (χ3v) is 20.8. The maximum Gasteiger partial charge on any atom is 0.340 e. The molecular formula is C69H96B13N6O10. The molecule has 29 heteroatoms. The number of fused-ring (bicyclic) bond motifs is 3. The van der Waals surface area contributed by atoms with Crippen molar-refractivity contribution >= 4 is 151 Å². The molecule has 3 atom stereocenters. The molecule has 0 amide bonds. The first-order chi connectivity index (χ1) is 46.4. The number of nitrogens with zero attached hydrogens (tertiary/aromatic N) is 3. The zero-order chi connectivity index (χ0) is 72.0. The lowest BCUT2D eigenvalue weighted by Crippen LogP contribution is -2.61. The number of carbonyl (C=O) groups is 4. The Balaban J connectivity index is 0.000000183. The second-order valence-electron chi connectivity index (χ2n) is 28.9. The molecule has 12 rings (SSSR count). The lowest BCUT2D eigenvalue weighted by molar-refractivity contribution is -0.121. The van der Waals surface area contributed by atoms with Crippen LogP contribution in [0.4, 0.5) is 0 Å². The van der Waals surface area contributed by atoms with Crippen molar-refractivity contribution in [3.63, 3.8) is 0 Å². The predicted octanol–water partition coefficient (Wildman–Crippen LogP) is 7.31. The van der Waals surface area contributed by atoms with Gasteiger partial charge in [0.15, 0.2) is 0 Å². The standard InChI is InChI=1S/2C23H32N2O3.C19H23NO3.C4H9NO.B7.B6/c2*1-15(17-9-11-18(12-10-17)24-23(3)13-28-14-23)25-16(2)21(22(26)27-4)19-7-5-6-8-20(19)25;1-12(14-8-10-15(21)11-9-14)20-13(2)18(19(22)23-3)16-6-4-5-7-17(16)20;1-4(5)2-6-3-4;1-5-7(4)6(2)3;1-5(2)6(3)4/h2*5-8,15,17-18,24H,9-14H2,1-4H3;4-7,12,14H,8-11H2,1-3H3;2-3,5H2,1H3;;/t2*15-,17?,18?;12-;;;/m111.../s1. The molecule has 4 N–H and O–H groups in total. The van der Waals surface area contributed by atoms with Crippen LogP contribution < -0.4 is 16.4 Å². The third kappa shape index (κ3) is 20.0. The first kappa shape index (κ1) is 80.3. The van der Waals surface area contributed by atoms with Crippen LogP contribution in [0, 0.1) is 38.5 Å². The van der Waals surface area contributed by atoms with Crippen molar-refractivity contribution in [2.45, 2.75) is 186 Å². The largest absolute Gasteiger partial charge is 0.465 e. The Morgan fingerprint density at radius 2 is 0.776 bits per heavy atom. The number of hydrogen-bond donors (Lipinski definition) is 3. The number of nitrogens with two attached hydrogens (primary N) is 1. The SMILES string of the molecule is CC1(N)COC1.COC(=O)c1c(C)n([C@H](C)C2CCC(=O)CC2)c2ccccc12.COC(=O)c1c(C)n([C@H](C)C2CCC(NC3(C)COC3)CC2)c2ccccc12.COC(=O)c1c(C)n([C@H](C)C2CCC(NC3(C)COC3)CC2)c2ccccc12.[B]B([B])B([B])[B].[B][B]B([B])B([B])[B]. The normalized spacial score (nSPS) is 21.3. The number of carbonyl (C=O) groups excluding carboxylic acids is 4. The Hall–Kier alpha value is -5.04. The van der Waals surface area contributed by atoms with Gasteiger partial charge in [0.1, 0.15) is 5.78 Å². The van der Waals surface area contributed by atoms with E-state index in [2.05, 4.69) is 77.2 Å². The van der Waals surface area contributed by atoms with E-state index in [9.17, 15) is 19.2 Å². The second-order valence-corrected chi connectivity index (χ2v) is 28.9. The average molecular weight is 1310 g/mol. The van der Waals surface area contributed by atoms with Crippen LogP contribution in [-0.2, 0) is 33.2 Å². The fourth-order valence-corrected chi connectivity index (χ4v) is 14.9. The minimum Gasteiger partial charge on any atom is -0.465 e. The highest BCUT2D eigenvalue weighted by Gasteiger charge is 2.40. The highest BCUT2D eigenvalue weighted by atomic mass is 16.5. The number of aromatic nitrogens is 3. The molecule has 3 saturated carbocycles. The number of ether oxygens (including phenoxy) is 6. The molecule has 16 nitrogen and oxygen atoms in total. The van der Waals surface area contributed by atoms with E-state index in [4.69, 9.17) is 96.1 Å². The van der Waals surface area contributed by atoms with Gasteiger partial charge < -0.3 is 58.5 Å². The molecule has 6 heterocycles. The predicted molar refractivity (Wildman–Crippen MR) is 410 cm³/mol. The van der Waals surface area contributed by atoms with Crippen LogP contribution in [0.5, 0.6) is 0 Å². The van der Waals surface area contributed by atoms with Crippen LogP contribution in [0.25, 0.3) is 32.7 Å². The number of methoxy groups -OCH3 is 3. The Kier molecular flexibility index (Phi) is 29.7. The van der Waals surface area contributed by atoms with Crippen molar-refractivity contribution in [3.05, 3.63) is 107 Å². The molecule has 3 aliphatic carbocycles. The van der Waals surface area contributed by atoms with Crippen LogP contribution >= 0.6 is 0 Å². The van der Waals surface area contributed by atoms with Crippen molar-refractivity contribution in [3.8, 4) is 0 Å². The summed E-state index contributed by atoms with van der Waals surface area (Å²) in [6.45, 7) is 24.2. The van der Waals surface area contributed by atoms with Crippen molar-refractivity contribution in [2.24, 2.45) is 23.5 Å². The van der Waals surface area contributed by atoms with Gasteiger partial charge in [0, 0.05) is 187 Å². The molecule has 3 aromatic heterocycles. The van der Waals surface area contributed by atoms with Gasteiger partial charge in [-0.05, 0) is 162 Å². The van der Waals surface area contributed by atoms with Gasteiger partial charge in [0.25, 0.3) is 0 Å². The van der Waals surface area contributed by atoms with Crippen LogP contribution in [0.2, 0.25) is 0 Å². The maximum absolute atomic E-state index is 12.4. The number of para-hydroxylation sites is 3. The summed E-state index contributed by atoms with van der Waals surface area (Å²) in [4.78, 5) is 48.6. The minimum absolute atomic E-state index is 0. The molecule has 501 valence electrons. The van der Waals surface area contributed by atoms with Crippen LogP contribution in [-0.4, -0.2) is 222 Å². The number of nitrogens with one attached hydrogen (secondary N) is 2. The number of rotatable bonds is 16. The zero-order valence-corrected chi connectivity index (χ0v) is 60.3. The Morgan fingerprint density at radius 3 is 0.990 bits per heavy atom. The summed E-state index contributed by atoms with van der Waals surface area (Å²) in [5.41, 5.74) is 14.2. The number of ketones is 1. The van der Waals surface area contributed by atoms with Gasteiger partial charge in [-0.1, -0.05) is 54.6 Å². The molecule has 0 bridgehead atoms. The topological polar surface area (TPSA) is 189 Å². The summed E-state index contributed by atoms with van der Waals surface area (Å²) in [7, 11) is 45.8. The summed E-state index contributed by atoms with van der Waals surface area (Å²) in [6.07, 6.45) is 10.7. The van der Waals surface area contributed by atoms with E-state index < -0.39 is 19.2 Å². The first-order valence-electron chi connectivity index (χ1n) is 34.9. The summed E-state index contributed by atoms with van der Waals surface area (Å²) in [5.74, 6) is 1.29. The molecule has 98 heavy (non-hydrogen) atoms. The number of hydrogen-bond acceptors (Lipinski definition) is 13. The van der Waals surface area contributed by atoms with E-state index in [0.29, 0.717) is 77.2 Å². The van der Waals surface area contributed by atoms with Gasteiger partial charge in [-0.2, -0.15) is 0 Å². The fraction of sp³-hybridized carbons (Fsp3) is 0.594. The lowest BCUT2D eigenvalue weighted by atomic mass is 8.76. The smallest absolute Gasteiger partial charge is 0.340 e. The molecule has 3 aromatic carbocycles. The molecule has 17 radical (unpaired) electrons. The molecule has 6 fully saturated rings. The van der Waals surface area contributed by atoms with Crippen molar-refractivity contribution < 1.29 is 47.6 Å². The monoisotopic (exact) mass is 1310 g/mol. The Morgan fingerprint density at radius 1 is 0.500 bits per heavy atom. The molecular weight excluding hydrogens is 1210 g/mol. The molecule has 6 aliphatic rings. The van der Waals surface area contributed by atoms with E-state index in [-0.39, 0.29) is 47.0 Å². The molecule has 3 saturated heterocycles. The summed E-state index contributed by atoms with van der Waals surface area (Å²) in [6, 6.07) is 26.5. The van der Waals surface area contributed by atoms with Gasteiger partial charge in [-0.15, -0.1) is 0 Å². The second kappa shape index (κ2) is 36.2. The van der Waals surface area contributed by atoms with Crippen LogP contribution in [0.15, 0.2) is 72.8 Å². The van der Waals surface area contributed by atoms with E-state index in [1.807, 2.05) is 82.3 Å². The maximum atomic E-state index is 12.4. The number of Topliss-reactive ketones (excluding diaryl/α,β-unsaturated/α-hetero) is 1. The third-order valence-electron chi connectivity index (χ3n) is 20.8. The quantitative estimate of drug-likeness (QED) is 0.0498. The van der Waals surface area contributed by atoms with Gasteiger partial charge in [0.2, 0.25) is 0 Å². The average Bonchev–Trinajstić information content (AvgIpc) is 1.62. The first-order valence-corrected chi connectivity index (χ1v) is 34.9. The van der Waals surface area contributed by atoms with Gasteiger partial charge in [0.05, 0.1) is 94.3 Å². The molecule has 3 aliphatic heterocycles. The highest BCUT2D eigenvalue weighted by molar-refractivity contribution is 7.81. The molecule has 0 spiro atoms. The molecule has 6 aromatic rings. The van der Waals surface area contributed by atoms with Crippen molar-refractivity contribution in [2.75, 3.05) is 61.0 Å². The Bertz CT molecular complexity index is 3430. The summed E-state index contributed by atoms with van der Waals surface area (Å²) >= 11 is 0. The van der Waals surface area contributed by atoms with Crippen LogP contribution in [0.3, 0.4) is 0 Å². The number of esters is 3. The zero-order valence-electron chi connectivity index (χ0n) is 60.3. The molecule has 0 unspecified atom stereocenters. The summed E-state index contributed by atoms with van der Waals surface area (Å²) < 4.78 is 37.7. The van der Waals surface area contributed by atoms with Gasteiger partial charge in [-0.25, -0.2) is 14.4 Å². The number of benzene rings is 3. The van der Waals surface area contributed by atoms with Crippen molar-refractivity contribution in [1.82, 2.24) is 24.3 Å². The van der Waals surface area contributed by atoms with E-state index in [1.54, 1.807) is 0 Å². The highest BCUT2D eigenvalue weighted by Crippen LogP contribution is 2.42. The lowest BCUT2D eigenvalue weighted by Gasteiger charge is -2.44. The van der Waals surface area contributed by atoms with E-state index in [0.717, 1.165) is 102 Å². The van der Waals surface area contributed by atoms with Gasteiger partial charge in [-0.3, -0.25) is 4.79 Å². The van der Waals surface area contributed by atoms with Crippen LogP contribution in [0.1, 0.15) is 185 Å². The Labute approximate surface area is 596 Å². The van der Waals surface area contributed by atoms with Crippen molar-refractivity contribution in [1.29, 1.82) is 0 Å². The van der Waals surface area contributed by atoms with Gasteiger partial charge >= 0.3 is 17.9 Å². The van der Waals surface area contributed by atoms with E-state index >= 15 is 0 Å². The van der Waals surface area contributed by atoms with E-state index in [1.165, 1.54) is 79.8 Å². The fourth-order valence-electron chi connectivity index (χ4n) is 14.9. The minimum atomic E-state index is -0.593. The summed E-state index contributed by atoms with van der Waals surface area (Å²) in [5, 5.41) is 10.5.